The van der Waals surface area contributed by atoms with Crippen LogP contribution in [0.2, 0.25) is 0 Å². The van der Waals surface area contributed by atoms with Gasteiger partial charge in [-0.1, -0.05) is 441 Å². The van der Waals surface area contributed by atoms with Gasteiger partial charge in [0.25, 0.3) is 0 Å². The third kappa shape index (κ3) is 54.6. The molecule has 2 aromatic carbocycles. The van der Waals surface area contributed by atoms with Crippen LogP contribution in [0.3, 0.4) is 0 Å². The Balaban J connectivity index is 0.00000180. The molecule has 3 rings (SSSR count). The van der Waals surface area contributed by atoms with E-state index in [2.05, 4.69) is 107 Å². The van der Waals surface area contributed by atoms with E-state index < -0.39 is 0 Å². The molecule has 0 saturated heterocycles. The molecule has 2 aromatic rings. The van der Waals surface area contributed by atoms with Gasteiger partial charge in [-0.2, -0.15) is 12.8 Å². The number of allylic oxidation sites excluding steroid dienone is 2. The van der Waals surface area contributed by atoms with E-state index in [1.165, 1.54) is 459 Å². The van der Waals surface area contributed by atoms with Gasteiger partial charge in [-0.15, -0.1) is 0 Å². The minimum absolute atomic E-state index is 0. The van der Waals surface area contributed by atoms with Crippen LogP contribution in [0.5, 0.6) is 0 Å². The molecule has 1 aliphatic heterocycles. The van der Waals surface area contributed by atoms with Crippen LogP contribution in [-0.2, 0) is 55.0 Å². The largest absolute Gasteiger partial charge is 2.00 e. The second-order valence-corrected chi connectivity index (χ2v) is 33.8. The van der Waals surface area contributed by atoms with Crippen molar-refractivity contribution < 1.29 is 21.2 Å². The van der Waals surface area contributed by atoms with Gasteiger partial charge in [0, 0.05) is 22.3 Å². The first-order valence-electron chi connectivity index (χ1n) is 48.5. The number of hydrogen-bond donors (Lipinski definition) is 0. The fourth-order valence-electron chi connectivity index (χ4n) is 16.7. The van der Waals surface area contributed by atoms with Gasteiger partial charge in [-0.05, 0) is 154 Å². The maximum atomic E-state index is 12.7. The molecular formula is C103H188N2Ni. The Labute approximate surface area is 678 Å². The van der Waals surface area contributed by atoms with Gasteiger partial charge in [0.15, 0.2) is 0 Å². The van der Waals surface area contributed by atoms with Crippen molar-refractivity contribution in [1.82, 2.24) is 0 Å². The van der Waals surface area contributed by atoms with E-state index in [0.717, 1.165) is 56.3 Å². The van der Waals surface area contributed by atoms with Crippen LogP contribution in [0.1, 0.15) is 557 Å². The van der Waals surface area contributed by atoms with Crippen LogP contribution in [0.25, 0.3) is 16.9 Å². The number of benzene rings is 2. The van der Waals surface area contributed by atoms with E-state index in [1.54, 1.807) is 38.1 Å². The molecule has 0 fully saturated rings. The van der Waals surface area contributed by atoms with Crippen LogP contribution in [0.15, 0.2) is 35.4 Å². The molecule has 1 heterocycles. The first-order chi connectivity index (χ1) is 51.7. The zero-order valence-electron chi connectivity index (χ0n) is 74.0. The molecule has 1 aliphatic rings. The summed E-state index contributed by atoms with van der Waals surface area (Å²) in [5.74, 6) is 0. The molecule has 0 saturated carbocycles. The van der Waals surface area contributed by atoms with Gasteiger partial charge in [0.2, 0.25) is 11.4 Å². The molecular weight excluding hydrogens is 1320 g/mol. The van der Waals surface area contributed by atoms with Crippen LogP contribution >= 0.6 is 0 Å². The molecule has 3 heteroatoms. The van der Waals surface area contributed by atoms with Gasteiger partial charge in [0.05, 0.1) is 0 Å². The van der Waals surface area contributed by atoms with Gasteiger partial charge < -0.3 is 19.4 Å². The summed E-state index contributed by atoms with van der Waals surface area (Å²) in [6.07, 6.45) is 102. The number of unbranched alkanes of at least 4 members (excludes halogenated alkanes) is 59. The molecule has 0 N–H and O–H groups in total. The van der Waals surface area contributed by atoms with Crippen LogP contribution < -0.4 is 0 Å². The van der Waals surface area contributed by atoms with Crippen molar-refractivity contribution in [1.29, 1.82) is 0 Å². The molecule has 0 amide bonds. The number of rotatable bonds is 75. The minimum atomic E-state index is 0. The molecule has 0 atom stereocenters. The Hall–Kier alpha value is -1.99. The van der Waals surface area contributed by atoms with Crippen LogP contribution in [-0.4, -0.2) is 4.70 Å². The number of hydrogen-bond acceptors (Lipinski definition) is 0. The predicted octanol–water partition coefficient (Wildman–Crippen LogP) is 36.9. The van der Waals surface area contributed by atoms with Crippen molar-refractivity contribution in [3.63, 3.8) is 0 Å². The second kappa shape index (κ2) is 79.7. The molecule has 106 heavy (non-hydrogen) atoms. The third-order valence-electron chi connectivity index (χ3n) is 23.7. The first kappa shape index (κ1) is 104. The summed E-state index contributed by atoms with van der Waals surface area (Å²) >= 11 is 0. The van der Waals surface area contributed by atoms with Crippen molar-refractivity contribution in [3.8, 4) is 0 Å². The summed E-state index contributed by atoms with van der Waals surface area (Å²) in [7, 11) is 0. The summed E-state index contributed by atoms with van der Waals surface area (Å²) < 4.78 is 1.68. The predicted molar refractivity (Wildman–Crippen MR) is 479 cm³/mol. The topological polar surface area (TPSA) is 25.3 Å². The molecule has 2 nitrogen and oxygen atoms in total. The SMILES string of the molecule is CCCCCCC1=C(c2cc(CCCCC)c(CCCCC)c(CCCCC)c2)[N+](=[N-])C(c2cc(CCCCC)c(CCCCC)c(CCCCC)c2)=C1C.[CH2-]CCCCCCCCCCCCCCCCCCCCCCCC.[CH2-]CCCCCCCCCCCCCCCCCCCCCCCC.[Ni+2]. The summed E-state index contributed by atoms with van der Waals surface area (Å²) in [5.41, 5.74) is 29.5. The molecule has 0 spiro atoms. The van der Waals surface area contributed by atoms with Gasteiger partial charge in [-0.3, -0.25) is 0 Å². The summed E-state index contributed by atoms with van der Waals surface area (Å²) in [5, 5.41) is 0. The minimum Gasteiger partial charge on any atom is -0.493 e. The Kier molecular flexibility index (Phi) is 78.2. The van der Waals surface area contributed by atoms with Crippen LogP contribution in [0.4, 0.5) is 0 Å². The van der Waals surface area contributed by atoms with Crippen molar-refractivity contribution >= 4 is 11.4 Å². The smallest absolute Gasteiger partial charge is 0.493 e. The van der Waals surface area contributed by atoms with E-state index in [-0.39, 0.29) is 16.5 Å². The second-order valence-electron chi connectivity index (χ2n) is 33.8. The van der Waals surface area contributed by atoms with Crippen molar-refractivity contribution in [2.75, 3.05) is 0 Å². The quantitative estimate of drug-likeness (QED) is 0.0273. The van der Waals surface area contributed by atoms with E-state index in [4.69, 9.17) is 0 Å². The zero-order chi connectivity index (χ0) is 76.4. The normalized spacial score (nSPS) is 12.2. The van der Waals surface area contributed by atoms with E-state index in [1.807, 2.05) is 0 Å². The average Bonchev–Trinajstić information content (AvgIpc) is 1.59. The molecule has 0 aliphatic carbocycles. The van der Waals surface area contributed by atoms with Gasteiger partial charge in [0.1, 0.15) is 0 Å². The van der Waals surface area contributed by atoms with Gasteiger partial charge in [-0.25, -0.2) is 4.70 Å². The molecule has 620 valence electrons. The van der Waals surface area contributed by atoms with Crippen LogP contribution in [0, 0.1) is 13.8 Å². The van der Waals surface area contributed by atoms with Crippen molar-refractivity contribution in [2.45, 2.75) is 551 Å². The monoisotopic (exact) mass is 1510 g/mol. The number of nitrogens with zero attached hydrogens (tertiary/aromatic N) is 2. The summed E-state index contributed by atoms with van der Waals surface area (Å²) in [6.45, 7) is 31.0. The Morgan fingerprint density at radius 2 is 0.396 bits per heavy atom. The zero-order valence-corrected chi connectivity index (χ0v) is 75.0. The van der Waals surface area contributed by atoms with Crippen molar-refractivity contribution in [2.24, 2.45) is 0 Å². The Morgan fingerprint density at radius 3 is 0.613 bits per heavy atom. The van der Waals surface area contributed by atoms with Gasteiger partial charge >= 0.3 is 16.5 Å². The molecule has 0 unspecified atom stereocenters. The standard InChI is InChI=1S/C53H86N2.2C25H51.Ni/c1-9-16-23-30-35-49-42(8)52(47-38-43(31-24-17-10-2)50(36-28-21-14-6)44(39-47)32-25-18-11-3)55(54)53(49)48-40-45(33-26-19-12-4)51(37-29-22-15-7)46(41-48)34-27-20-13-5;2*1-3-5-7-9-11-13-15-17-19-21-23-25-24-22-20-18-16-14-12-10-8-6-4-2;/h38-41H,9-37H2,1-8H3;2*1,3-25H2,2H3;/q;2*-1;+2. The third-order valence-corrected chi connectivity index (χ3v) is 23.7. The van der Waals surface area contributed by atoms with E-state index in [9.17, 15) is 5.53 Å². The molecule has 0 aromatic heterocycles. The maximum absolute atomic E-state index is 12.7. The van der Waals surface area contributed by atoms with E-state index in [0.29, 0.717) is 0 Å². The fourth-order valence-corrected chi connectivity index (χ4v) is 16.7. The average molecular weight is 1510 g/mol. The fraction of sp³-hybridized carbons (Fsp3) is 0.825. The van der Waals surface area contributed by atoms with E-state index >= 15 is 0 Å². The molecule has 0 bridgehead atoms. The number of aryl methyl sites for hydroxylation is 4. The maximum Gasteiger partial charge on any atom is 2.00 e. The first-order valence-corrected chi connectivity index (χ1v) is 48.5. The van der Waals surface area contributed by atoms with Crippen molar-refractivity contribution in [3.05, 3.63) is 99.3 Å². The summed E-state index contributed by atoms with van der Waals surface area (Å²) in [6, 6.07) is 10.1. The summed E-state index contributed by atoms with van der Waals surface area (Å²) in [4.78, 5) is 0. The Morgan fingerprint density at radius 1 is 0.226 bits per heavy atom. The molecule has 0 radical (unpaired) electrons. The Bertz CT molecular complexity index is 2130.